The second-order valence-corrected chi connectivity index (χ2v) is 10.5. The van der Waals surface area contributed by atoms with Crippen LogP contribution in [0.2, 0.25) is 0 Å². The highest BCUT2D eigenvalue weighted by Gasteiger charge is 2.33. The molecular formula is C29H24Br2O5. The first-order valence-electron chi connectivity index (χ1n) is 11.3. The maximum absolute atomic E-state index is 14.3. The summed E-state index contributed by atoms with van der Waals surface area (Å²) in [7, 11) is 0. The lowest BCUT2D eigenvalue weighted by molar-refractivity contribution is -0.122. The highest BCUT2D eigenvalue weighted by molar-refractivity contribution is 9.10. The number of hydrogen-bond acceptors (Lipinski definition) is 5. The zero-order valence-electron chi connectivity index (χ0n) is 19.1. The monoisotopic (exact) mass is 610 g/mol. The van der Waals surface area contributed by atoms with Crippen LogP contribution in [0.5, 0.6) is 23.0 Å². The Bertz CT molecular complexity index is 1260. The summed E-state index contributed by atoms with van der Waals surface area (Å²) >= 11 is 6.86. The molecule has 0 radical (unpaired) electrons. The molecule has 4 aromatic carbocycles. The minimum atomic E-state index is -0.763. The molecule has 5 nitrogen and oxygen atoms in total. The Morgan fingerprint density at radius 2 is 0.944 bits per heavy atom. The van der Waals surface area contributed by atoms with Gasteiger partial charge in [-0.2, -0.15) is 0 Å². The van der Waals surface area contributed by atoms with E-state index in [1.807, 2.05) is 48.5 Å². The highest BCUT2D eigenvalue weighted by Crippen LogP contribution is 2.40. The minimum Gasteiger partial charge on any atom is -0.508 e. The van der Waals surface area contributed by atoms with Gasteiger partial charge in [0.05, 0.1) is 11.8 Å². The Morgan fingerprint density at radius 3 is 1.28 bits per heavy atom. The van der Waals surface area contributed by atoms with Gasteiger partial charge in [0.2, 0.25) is 0 Å². The smallest absolute Gasteiger partial charge is 0.148 e. The molecule has 0 aliphatic carbocycles. The first kappa shape index (κ1) is 25.8. The van der Waals surface area contributed by atoms with Crippen LogP contribution in [-0.4, -0.2) is 26.2 Å². The van der Waals surface area contributed by atoms with Crippen LogP contribution in [0.1, 0.15) is 34.1 Å². The van der Waals surface area contributed by atoms with Crippen molar-refractivity contribution in [1.29, 1.82) is 0 Å². The number of Topliss-reactive ketones (excluding diaryl/α,β-unsaturated/α-hetero) is 1. The van der Waals surface area contributed by atoms with E-state index < -0.39 is 11.8 Å². The lowest BCUT2D eigenvalue weighted by Crippen LogP contribution is -2.24. The van der Waals surface area contributed by atoms with Crippen LogP contribution in [0.25, 0.3) is 0 Å². The van der Waals surface area contributed by atoms with Gasteiger partial charge in [-0.05, 0) is 60.4 Å². The Labute approximate surface area is 226 Å². The number of hydrogen-bond donors (Lipinski definition) is 4. The van der Waals surface area contributed by atoms with Crippen molar-refractivity contribution in [3.05, 3.63) is 116 Å². The van der Waals surface area contributed by atoms with Crippen molar-refractivity contribution >= 4 is 37.6 Å². The molecule has 2 atom stereocenters. The van der Waals surface area contributed by atoms with E-state index in [-0.39, 0.29) is 28.8 Å². The van der Waals surface area contributed by atoms with E-state index in [2.05, 4.69) is 31.9 Å². The SMILES string of the molecule is O=C(C(Cc1ccc(Br)cc1)c1ccc(O)cc1O)C(Cc1ccc(Br)cc1)c1ccc(O)cc1O. The molecule has 0 aliphatic rings. The average Bonchev–Trinajstić information content (AvgIpc) is 2.84. The summed E-state index contributed by atoms with van der Waals surface area (Å²) in [6, 6.07) is 23.6. The van der Waals surface area contributed by atoms with Gasteiger partial charge in [0.1, 0.15) is 28.8 Å². The molecule has 0 aliphatic heterocycles. The summed E-state index contributed by atoms with van der Waals surface area (Å²) < 4.78 is 1.81. The number of aromatic hydroxyl groups is 4. The number of phenolic OH excluding ortho intramolecular Hbond substituents is 4. The van der Waals surface area contributed by atoms with E-state index in [1.54, 1.807) is 12.1 Å². The Morgan fingerprint density at radius 1 is 0.583 bits per heavy atom. The molecule has 0 saturated heterocycles. The summed E-state index contributed by atoms with van der Waals surface area (Å²) in [6.45, 7) is 0. The van der Waals surface area contributed by atoms with Crippen molar-refractivity contribution in [2.45, 2.75) is 24.7 Å². The van der Waals surface area contributed by atoms with Crippen molar-refractivity contribution in [2.24, 2.45) is 0 Å². The van der Waals surface area contributed by atoms with Crippen LogP contribution in [0.3, 0.4) is 0 Å². The van der Waals surface area contributed by atoms with Gasteiger partial charge in [-0.3, -0.25) is 4.79 Å². The van der Waals surface area contributed by atoms with E-state index in [9.17, 15) is 25.2 Å². The predicted molar refractivity (Wildman–Crippen MR) is 146 cm³/mol. The fraction of sp³-hybridized carbons (Fsp3) is 0.138. The minimum absolute atomic E-state index is 0.103. The number of carbonyl (C=O) groups excluding carboxylic acids is 1. The van der Waals surface area contributed by atoms with E-state index >= 15 is 0 Å². The van der Waals surface area contributed by atoms with Crippen LogP contribution in [0, 0.1) is 0 Å². The Kier molecular flexibility index (Phi) is 8.01. The molecule has 0 bridgehead atoms. The topological polar surface area (TPSA) is 98.0 Å². The van der Waals surface area contributed by atoms with Crippen LogP contribution in [-0.2, 0) is 17.6 Å². The molecule has 4 aromatic rings. The first-order chi connectivity index (χ1) is 17.2. The second kappa shape index (κ2) is 11.2. The number of phenols is 4. The lowest BCUT2D eigenvalue weighted by Gasteiger charge is -2.25. The number of rotatable bonds is 8. The van der Waals surface area contributed by atoms with Crippen molar-refractivity contribution in [3.8, 4) is 23.0 Å². The summed E-state index contributed by atoms with van der Waals surface area (Å²) in [5.74, 6) is -2.29. The number of carbonyl (C=O) groups is 1. The lowest BCUT2D eigenvalue weighted by atomic mass is 9.77. The summed E-state index contributed by atoms with van der Waals surface area (Å²) in [6.07, 6.45) is 0.611. The number of halogens is 2. The largest absolute Gasteiger partial charge is 0.508 e. The van der Waals surface area contributed by atoms with Crippen molar-refractivity contribution in [1.82, 2.24) is 0 Å². The van der Waals surface area contributed by atoms with Gasteiger partial charge in [-0.1, -0.05) is 68.3 Å². The predicted octanol–water partition coefficient (Wildman–Crippen LogP) is 6.96. The van der Waals surface area contributed by atoms with Crippen LogP contribution < -0.4 is 0 Å². The van der Waals surface area contributed by atoms with E-state index in [0.717, 1.165) is 20.1 Å². The molecule has 0 aromatic heterocycles. The first-order valence-corrected chi connectivity index (χ1v) is 12.9. The molecule has 36 heavy (non-hydrogen) atoms. The molecule has 2 unspecified atom stereocenters. The Hall–Kier alpha value is -3.29. The normalized spacial score (nSPS) is 12.7. The van der Waals surface area contributed by atoms with Gasteiger partial charge < -0.3 is 20.4 Å². The van der Waals surface area contributed by atoms with E-state index in [4.69, 9.17) is 0 Å². The summed E-state index contributed by atoms with van der Waals surface area (Å²) in [4.78, 5) is 14.3. The van der Waals surface area contributed by atoms with Crippen LogP contribution in [0.4, 0.5) is 0 Å². The van der Waals surface area contributed by atoms with Gasteiger partial charge in [0, 0.05) is 32.2 Å². The van der Waals surface area contributed by atoms with Gasteiger partial charge in [-0.25, -0.2) is 0 Å². The average molecular weight is 612 g/mol. The third-order valence-corrected chi connectivity index (χ3v) is 7.23. The van der Waals surface area contributed by atoms with Crippen LogP contribution in [0.15, 0.2) is 93.9 Å². The fourth-order valence-corrected chi connectivity index (χ4v) is 4.86. The van der Waals surface area contributed by atoms with Gasteiger partial charge in [-0.15, -0.1) is 0 Å². The molecule has 4 rings (SSSR count). The molecule has 0 amide bonds. The molecule has 0 heterocycles. The quantitative estimate of drug-likeness (QED) is 0.173. The molecule has 4 N–H and O–H groups in total. The molecule has 7 heteroatoms. The molecule has 0 spiro atoms. The standard InChI is InChI=1S/C29H24Br2O5/c30-19-5-1-17(2-6-19)13-25(23-11-9-21(32)15-27(23)34)29(36)26(14-18-3-7-20(31)8-4-18)24-12-10-22(33)16-28(24)35/h1-12,15-16,25-26,32-35H,13-14H2. The van der Waals surface area contributed by atoms with Crippen molar-refractivity contribution < 1.29 is 25.2 Å². The second-order valence-electron chi connectivity index (χ2n) is 8.65. The third kappa shape index (κ3) is 6.09. The summed E-state index contributed by atoms with van der Waals surface area (Å²) in [5, 5.41) is 41.0. The Balaban J connectivity index is 1.81. The van der Waals surface area contributed by atoms with Crippen molar-refractivity contribution in [2.75, 3.05) is 0 Å². The maximum Gasteiger partial charge on any atom is 0.148 e. The van der Waals surface area contributed by atoms with E-state index in [0.29, 0.717) is 24.0 Å². The molecule has 184 valence electrons. The van der Waals surface area contributed by atoms with Gasteiger partial charge in [0.15, 0.2) is 0 Å². The fourth-order valence-electron chi connectivity index (χ4n) is 4.34. The van der Waals surface area contributed by atoms with Crippen LogP contribution >= 0.6 is 31.9 Å². The third-order valence-electron chi connectivity index (χ3n) is 6.17. The molecule has 0 fully saturated rings. The summed E-state index contributed by atoms with van der Waals surface area (Å²) in [5.41, 5.74) is 2.56. The van der Waals surface area contributed by atoms with Gasteiger partial charge >= 0.3 is 0 Å². The zero-order valence-corrected chi connectivity index (χ0v) is 22.3. The van der Waals surface area contributed by atoms with E-state index in [1.165, 1.54) is 24.3 Å². The number of ketones is 1. The number of benzene rings is 4. The molecular weight excluding hydrogens is 588 g/mol. The zero-order chi connectivity index (χ0) is 25.8. The van der Waals surface area contributed by atoms with Crippen molar-refractivity contribution in [3.63, 3.8) is 0 Å². The molecule has 0 saturated carbocycles. The highest BCUT2D eigenvalue weighted by atomic mass is 79.9. The van der Waals surface area contributed by atoms with Gasteiger partial charge in [0.25, 0.3) is 0 Å². The maximum atomic E-state index is 14.3.